The lowest BCUT2D eigenvalue weighted by molar-refractivity contribution is -0.125. The third-order valence-corrected chi connectivity index (χ3v) is 6.57. The maximum atomic E-state index is 12.3. The van der Waals surface area contributed by atoms with E-state index in [-0.39, 0.29) is 29.3 Å². The van der Waals surface area contributed by atoms with E-state index < -0.39 is 0 Å². The molecule has 4 rings (SSSR count). The number of carbonyl (C=O) groups is 3. The van der Waals surface area contributed by atoms with Gasteiger partial charge in [0.05, 0.1) is 5.75 Å². The summed E-state index contributed by atoms with van der Waals surface area (Å²) in [6.45, 7) is 3.04. The third-order valence-electron chi connectivity index (χ3n) is 5.65. The Hall–Kier alpha value is -2.94. The Morgan fingerprint density at radius 2 is 1.88 bits per heavy atom. The molecule has 1 saturated heterocycles. The number of amides is 2. The minimum Gasteiger partial charge on any atom is -0.356 e. The zero-order valence-corrected chi connectivity index (χ0v) is 18.9. The minimum atomic E-state index is -0.168. The fraction of sp³-hybridized carbons (Fsp3) is 0.435. The fourth-order valence-corrected chi connectivity index (χ4v) is 4.31. The zero-order valence-electron chi connectivity index (χ0n) is 18.0. The van der Waals surface area contributed by atoms with Gasteiger partial charge in [-0.1, -0.05) is 23.9 Å². The lowest BCUT2D eigenvalue weighted by Gasteiger charge is -2.32. The van der Waals surface area contributed by atoms with E-state index in [2.05, 4.69) is 25.5 Å². The Morgan fingerprint density at radius 1 is 1.09 bits per heavy atom. The zero-order chi connectivity index (χ0) is 22.5. The Balaban J connectivity index is 1.27. The van der Waals surface area contributed by atoms with Gasteiger partial charge in [-0.15, -0.1) is 0 Å². The highest BCUT2D eigenvalue weighted by Crippen LogP contribution is 2.26. The molecule has 0 bridgehead atoms. The van der Waals surface area contributed by atoms with E-state index in [0.717, 1.165) is 49.6 Å². The predicted octanol–water partition coefficient (Wildman–Crippen LogP) is 2.91. The van der Waals surface area contributed by atoms with E-state index >= 15 is 0 Å². The number of aromatic nitrogens is 2. The van der Waals surface area contributed by atoms with E-state index in [1.807, 2.05) is 6.07 Å². The second-order valence-electron chi connectivity index (χ2n) is 8.23. The molecule has 1 aromatic heterocycles. The van der Waals surface area contributed by atoms with Crippen molar-refractivity contribution in [3.05, 3.63) is 42.2 Å². The van der Waals surface area contributed by atoms with E-state index in [9.17, 15) is 14.4 Å². The summed E-state index contributed by atoms with van der Waals surface area (Å²) in [4.78, 5) is 46.9. The maximum absolute atomic E-state index is 12.3. The smallest absolute Gasteiger partial charge is 0.234 e. The summed E-state index contributed by atoms with van der Waals surface area (Å²) in [5.41, 5.74) is 1.16. The van der Waals surface area contributed by atoms with Crippen LogP contribution >= 0.6 is 11.8 Å². The number of ketones is 1. The molecule has 2 aromatic rings. The molecule has 2 heterocycles. The van der Waals surface area contributed by atoms with E-state index in [1.54, 1.807) is 24.3 Å². The summed E-state index contributed by atoms with van der Waals surface area (Å²) >= 11 is 1.33. The molecule has 2 aliphatic rings. The summed E-state index contributed by atoms with van der Waals surface area (Å²) in [6, 6.07) is 9.18. The summed E-state index contributed by atoms with van der Waals surface area (Å²) < 4.78 is 0. The lowest BCUT2D eigenvalue weighted by Crippen LogP contribution is -2.41. The van der Waals surface area contributed by atoms with Gasteiger partial charge in [0.1, 0.15) is 17.2 Å². The molecule has 0 spiro atoms. The van der Waals surface area contributed by atoms with Crippen LogP contribution in [0.5, 0.6) is 0 Å². The van der Waals surface area contributed by atoms with Crippen LogP contribution in [0.4, 0.5) is 11.5 Å². The quantitative estimate of drug-likeness (QED) is 0.360. The number of benzene rings is 1. The van der Waals surface area contributed by atoms with E-state index in [0.29, 0.717) is 17.3 Å². The highest BCUT2D eigenvalue weighted by atomic mass is 32.2. The Labute approximate surface area is 191 Å². The molecular formula is C23H27N5O3S. The van der Waals surface area contributed by atoms with Crippen LogP contribution in [0.2, 0.25) is 0 Å². The van der Waals surface area contributed by atoms with Gasteiger partial charge in [0, 0.05) is 42.4 Å². The van der Waals surface area contributed by atoms with Gasteiger partial charge in [-0.3, -0.25) is 14.4 Å². The largest absolute Gasteiger partial charge is 0.356 e. The van der Waals surface area contributed by atoms with Crippen molar-refractivity contribution in [3.8, 4) is 0 Å². The van der Waals surface area contributed by atoms with Crippen molar-refractivity contribution in [2.24, 2.45) is 5.92 Å². The van der Waals surface area contributed by atoms with Crippen LogP contribution in [0, 0.1) is 5.92 Å². The Kier molecular flexibility index (Phi) is 7.04. The number of Topliss-reactive ketones (excluding diaryl/α,β-unsaturated/α-hetero) is 1. The molecule has 168 valence electrons. The van der Waals surface area contributed by atoms with Gasteiger partial charge >= 0.3 is 0 Å². The number of hydrogen-bond acceptors (Lipinski definition) is 7. The fourth-order valence-electron chi connectivity index (χ4n) is 3.65. The Bertz CT molecular complexity index is 1000. The van der Waals surface area contributed by atoms with Crippen molar-refractivity contribution < 1.29 is 14.4 Å². The molecule has 1 aromatic carbocycles. The molecule has 8 nitrogen and oxygen atoms in total. The van der Waals surface area contributed by atoms with Gasteiger partial charge in [-0.25, -0.2) is 9.97 Å². The summed E-state index contributed by atoms with van der Waals surface area (Å²) in [5.74, 6) is 1.07. The van der Waals surface area contributed by atoms with Crippen molar-refractivity contribution >= 4 is 40.9 Å². The second kappa shape index (κ2) is 10.1. The van der Waals surface area contributed by atoms with E-state index in [4.69, 9.17) is 0 Å². The van der Waals surface area contributed by atoms with Gasteiger partial charge in [0.15, 0.2) is 5.78 Å². The molecule has 0 radical (unpaired) electrons. The van der Waals surface area contributed by atoms with Gasteiger partial charge in [0.2, 0.25) is 11.8 Å². The van der Waals surface area contributed by atoms with Crippen LogP contribution in [0.25, 0.3) is 0 Å². The van der Waals surface area contributed by atoms with Crippen molar-refractivity contribution in [2.45, 2.75) is 43.7 Å². The van der Waals surface area contributed by atoms with Crippen molar-refractivity contribution in [3.63, 3.8) is 0 Å². The van der Waals surface area contributed by atoms with E-state index in [1.165, 1.54) is 25.0 Å². The van der Waals surface area contributed by atoms with Gasteiger partial charge < -0.3 is 15.5 Å². The van der Waals surface area contributed by atoms with Crippen LogP contribution in [0.3, 0.4) is 0 Å². The first-order chi connectivity index (χ1) is 15.5. The normalized spacial score (nSPS) is 16.5. The number of carbonyl (C=O) groups excluding carboxylic acids is 3. The van der Waals surface area contributed by atoms with Gasteiger partial charge in [-0.05, 0) is 44.7 Å². The molecular weight excluding hydrogens is 426 g/mol. The topological polar surface area (TPSA) is 104 Å². The molecule has 1 aliphatic carbocycles. The van der Waals surface area contributed by atoms with Crippen molar-refractivity contribution in [2.75, 3.05) is 29.1 Å². The SMILES string of the molecule is CC(=O)c1cccc(NC(=O)CSc2cc(N3CCC(C(=O)NC4CC4)CC3)ncn2)c1. The number of thioether (sulfide) groups is 1. The molecule has 0 atom stereocenters. The highest BCUT2D eigenvalue weighted by Gasteiger charge is 2.30. The van der Waals surface area contributed by atoms with Gasteiger partial charge in [-0.2, -0.15) is 0 Å². The van der Waals surface area contributed by atoms with Crippen LogP contribution < -0.4 is 15.5 Å². The van der Waals surface area contributed by atoms with Gasteiger partial charge in [0.25, 0.3) is 0 Å². The standard InChI is InChI=1S/C23H27N5O3S/c1-15(29)17-3-2-4-19(11-17)26-21(30)13-32-22-12-20(24-14-25-22)28-9-7-16(8-10-28)23(31)27-18-5-6-18/h2-4,11-12,14,16,18H,5-10,13H2,1H3,(H,26,30)(H,27,31). The minimum absolute atomic E-state index is 0.0448. The average molecular weight is 454 g/mol. The molecule has 2 N–H and O–H groups in total. The molecule has 1 saturated carbocycles. The number of anilines is 2. The van der Waals surface area contributed by atoms with Crippen LogP contribution in [-0.2, 0) is 9.59 Å². The highest BCUT2D eigenvalue weighted by molar-refractivity contribution is 7.99. The molecule has 32 heavy (non-hydrogen) atoms. The summed E-state index contributed by atoms with van der Waals surface area (Å²) in [7, 11) is 0. The summed E-state index contributed by atoms with van der Waals surface area (Å²) in [6.07, 6.45) is 5.35. The molecule has 0 unspecified atom stereocenters. The monoisotopic (exact) mass is 453 g/mol. The summed E-state index contributed by atoms with van der Waals surface area (Å²) in [5, 5.41) is 6.63. The molecule has 2 amide bonds. The first-order valence-corrected chi connectivity index (χ1v) is 11.9. The van der Waals surface area contributed by atoms with Crippen LogP contribution in [0.1, 0.15) is 43.0 Å². The first kappa shape index (κ1) is 22.3. The van der Waals surface area contributed by atoms with Crippen molar-refractivity contribution in [1.29, 1.82) is 0 Å². The average Bonchev–Trinajstić information content (AvgIpc) is 3.62. The van der Waals surface area contributed by atoms with Crippen LogP contribution in [0.15, 0.2) is 41.7 Å². The van der Waals surface area contributed by atoms with Crippen molar-refractivity contribution in [1.82, 2.24) is 15.3 Å². The Morgan fingerprint density at radius 3 is 2.59 bits per heavy atom. The molecule has 1 aliphatic heterocycles. The second-order valence-corrected chi connectivity index (χ2v) is 9.23. The molecule has 2 fully saturated rings. The lowest BCUT2D eigenvalue weighted by atomic mass is 9.96. The molecule has 9 heteroatoms. The number of piperidine rings is 1. The predicted molar refractivity (Wildman–Crippen MR) is 124 cm³/mol. The first-order valence-electron chi connectivity index (χ1n) is 10.9. The maximum Gasteiger partial charge on any atom is 0.234 e. The third kappa shape index (κ3) is 6.06. The van der Waals surface area contributed by atoms with Crippen LogP contribution in [-0.4, -0.2) is 52.4 Å². The number of rotatable bonds is 8. The number of hydrogen-bond donors (Lipinski definition) is 2. The number of nitrogens with one attached hydrogen (secondary N) is 2. The number of nitrogens with zero attached hydrogens (tertiary/aromatic N) is 3.